The second-order valence-electron chi connectivity index (χ2n) is 5.30. The van der Waals surface area contributed by atoms with Crippen molar-refractivity contribution in [1.29, 1.82) is 0 Å². The van der Waals surface area contributed by atoms with Gasteiger partial charge < -0.3 is 0 Å². The van der Waals surface area contributed by atoms with Gasteiger partial charge in [0.1, 0.15) is 0 Å². The Morgan fingerprint density at radius 1 is 1.41 bits per heavy atom. The number of aryl methyl sites for hydroxylation is 1. The molecule has 1 saturated heterocycles. The Kier molecular flexibility index (Phi) is 2.52. The molecular weight excluding hydrogens is 242 g/mol. The van der Waals surface area contributed by atoms with E-state index in [2.05, 4.69) is 15.3 Å². The van der Waals surface area contributed by atoms with Gasteiger partial charge in [0.2, 0.25) is 0 Å². The molecule has 2 heterocycles. The van der Waals surface area contributed by atoms with Crippen LogP contribution >= 0.6 is 11.3 Å². The van der Waals surface area contributed by atoms with Crippen LogP contribution in [0.25, 0.3) is 0 Å². The summed E-state index contributed by atoms with van der Waals surface area (Å²) in [6.07, 6.45) is 1.40. The normalized spacial score (nSPS) is 26.3. The fourth-order valence-corrected chi connectivity index (χ4v) is 3.38. The van der Waals surface area contributed by atoms with E-state index in [9.17, 15) is 8.78 Å². The molecule has 1 aromatic heterocycles. The molecule has 1 aliphatic heterocycles. The first kappa shape index (κ1) is 11.5. The molecule has 5 heteroatoms. The van der Waals surface area contributed by atoms with Crippen molar-refractivity contribution >= 4 is 11.3 Å². The van der Waals surface area contributed by atoms with E-state index in [4.69, 9.17) is 0 Å². The molecule has 1 aromatic rings. The van der Waals surface area contributed by atoms with Crippen molar-refractivity contribution in [3.63, 3.8) is 0 Å². The van der Waals surface area contributed by atoms with Gasteiger partial charge in [0.15, 0.2) is 0 Å². The summed E-state index contributed by atoms with van der Waals surface area (Å²) < 4.78 is 26.4. The van der Waals surface area contributed by atoms with Crippen LogP contribution in [0.1, 0.15) is 30.0 Å². The minimum absolute atomic E-state index is 0.115. The monoisotopic (exact) mass is 258 g/mol. The molecule has 2 aliphatic rings. The summed E-state index contributed by atoms with van der Waals surface area (Å²) in [5.74, 6) is -2.38. The minimum atomic E-state index is -2.38. The zero-order chi connectivity index (χ0) is 12.1. The lowest BCUT2D eigenvalue weighted by Gasteiger charge is -2.31. The molecule has 0 aromatic carbocycles. The maximum absolute atomic E-state index is 13.2. The highest BCUT2D eigenvalue weighted by atomic mass is 32.1. The molecule has 94 valence electrons. The Labute approximate surface area is 104 Å². The molecule has 2 nitrogen and oxygen atoms in total. The molecule has 17 heavy (non-hydrogen) atoms. The Morgan fingerprint density at radius 2 is 2.06 bits per heavy atom. The third-order valence-corrected chi connectivity index (χ3v) is 4.90. The summed E-state index contributed by atoms with van der Waals surface area (Å²) in [5, 5.41) is 3.13. The third kappa shape index (κ3) is 1.99. The van der Waals surface area contributed by atoms with Gasteiger partial charge >= 0.3 is 0 Å². The predicted octanol–water partition coefficient (Wildman–Crippen LogP) is 3.07. The van der Waals surface area contributed by atoms with Gasteiger partial charge in [0.05, 0.1) is 10.7 Å². The van der Waals surface area contributed by atoms with Crippen LogP contribution < -0.4 is 0 Å². The number of rotatable bonds is 2. The van der Waals surface area contributed by atoms with E-state index < -0.39 is 11.3 Å². The highest BCUT2D eigenvalue weighted by Crippen LogP contribution is 2.65. The predicted molar refractivity (Wildman–Crippen MR) is 63.4 cm³/mol. The number of hydrogen-bond acceptors (Lipinski definition) is 3. The first-order valence-corrected chi connectivity index (χ1v) is 6.90. The van der Waals surface area contributed by atoms with E-state index >= 15 is 0 Å². The lowest BCUT2D eigenvalue weighted by molar-refractivity contribution is 0.0298. The van der Waals surface area contributed by atoms with E-state index in [1.165, 1.54) is 0 Å². The average molecular weight is 258 g/mol. The number of nitrogens with zero attached hydrogens (tertiary/aromatic N) is 2. The van der Waals surface area contributed by atoms with Crippen LogP contribution in [0.4, 0.5) is 8.78 Å². The van der Waals surface area contributed by atoms with E-state index in [1.807, 2.05) is 6.92 Å². The molecule has 0 N–H and O–H groups in total. The number of hydrogen-bond donors (Lipinski definition) is 0. The van der Waals surface area contributed by atoms with Crippen molar-refractivity contribution in [1.82, 2.24) is 9.88 Å². The maximum atomic E-state index is 13.2. The highest BCUT2D eigenvalue weighted by molar-refractivity contribution is 7.09. The number of halogens is 2. The quantitative estimate of drug-likeness (QED) is 0.810. The Morgan fingerprint density at radius 3 is 2.53 bits per heavy atom. The van der Waals surface area contributed by atoms with E-state index in [0.29, 0.717) is 12.8 Å². The summed E-state index contributed by atoms with van der Waals surface area (Å²) in [7, 11) is 0. The Bertz CT molecular complexity index is 422. The summed E-state index contributed by atoms with van der Waals surface area (Å²) in [6.45, 7) is 4.37. The number of likely N-dealkylation sites (tertiary alicyclic amines) is 1. The molecule has 2 fully saturated rings. The van der Waals surface area contributed by atoms with Gasteiger partial charge in [-0.15, -0.1) is 11.3 Å². The molecule has 1 saturated carbocycles. The zero-order valence-corrected chi connectivity index (χ0v) is 10.7. The second kappa shape index (κ2) is 3.72. The van der Waals surface area contributed by atoms with Crippen molar-refractivity contribution < 1.29 is 8.78 Å². The van der Waals surface area contributed by atoms with Gasteiger partial charge in [-0.2, -0.15) is 0 Å². The van der Waals surface area contributed by atoms with Gasteiger partial charge in [0.25, 0.3) is 5.92 Å². The molecule has 0 radical (unpaired) electrons. The zero-order valence-electron chi connectivity index (χ0n) is 9.88. The van der Waals surface area contributed by atoms with Crippen molar-refractivity contribution in [2.75, 3.05) is 13.1 Å². The summed E-state index contributed by atoms with van der Waals surface area (Å²) in [5.41, 5.74) is 0.438. The first-order chi connectivity index (χ1) is 8.01. The van der Waals surface area contributed by atoms with E-state index in [1.54, 1.807) is 11.3 Å². The van der Waals surface area contributed by atoms with E-state index in [0.717, 1.165) is 30.3 Å². The number of piperidine rings is 1. The van der Waals surface area contributed by atoms with Gasteiger partial charge in [-0.25, -0.2) is 13.8 Å². The van der Waals surface area contributed by atoms with Crippen LogP contribution in [0.2, 0.25) is 0 Å². The lowest BCUT2D eigenvalue weighted by atomic mass is 9.93. The van der Waals surface area contributed by atoms with Crippen molar-refractivity contribution in [2.24, 2.45) is 5.41 Å². The van der Waals surface area contributed by atoms with Gasteiger partial charge in [-0.3, -0.25) is 4.90 Å². The molecular formula is C12H16F2N2S. The SMILES string of the molecule is Cc1nc(CN2CCC3(CC2)CC3(F)F)cs1. The topological polar surface area (TPSA) is 16.1 Å². The van der Waals surface area contributed by atoms with Gasteiger partial charge in [-0.1, -0.05) is 0 Å². The van der Waals surface area contributed by atoms with Gasteiger partial charge in [0, 0.05) is 23.8 Å². The Balaban J connectivity index is 1.56. The van der Waals surface area contributed by atoms with Crippen molar-refractivity contribution in [2.45, 2.75) is 38.7 Å². The maximum Gasteiger partial charge on any atom is 0.254 e. The minimum Gasteiger partial charge on any atom is -0.297 e. The van der Waals surface area contributed by atoms with Crippen LogP contribution in [0.3, 0.4) is 0 Å². The largest absolute Gasteiger partial charge is 0.297 e. The van der Waals surface area contributed by atoms with Crippen LogP contribution in [0.5, 0.6) is 0 Å². The molecule has 0 unspecified atom stereocenters. The second-order valence-corrected chi connectivity index (χ2v) is 6.36. The van der Waals surface area contributed by atoms with Crippen molar-refractivity contribution in [3.8, 4) is 0 Å². The molecule has 0 atom stereocenters. The van der Waals surface area contributed by atoms with Crippen molar-refractivity contribution in [3.05, 3.63) is 16.1 Å². The lowest BCUT2D eigenvalue weighted by Crippen LogP contribution is -2.36. The standard InChI is InChI=1S/C12H16F2N2S/c1-9-15-10(7-17-9)6-16-4-2-11(3-5-16)8-12(11,13)14/h7H,2-6,8H2,1H3. The van der Waals surface area contributed by atoms with Crippen LogP contribution in [-0.2, 0) is 6.54 Å². The highest BCUT2D eigenvalue weighted by Gasteiger charge is 2.70. The summed E-state index contributed by atoms with van der Waals surface area (Å²) in [4.78, 5) is 6.66. The smallest absolute Gasteiger partial charge is 0.254 e. The van der Waals surface area contributed by atoms with Crippen LogP contribution in [0, 0.1) is 12.3 Å². The molecule has 1 aliphatic carbocycles. The third-order valence-electron chi connectivity index (χ3n) is 4.08. The van der Waals surface area contributed by atoms with E-state index in [-0.39, 0.29) is 6.42 Å². The molecule has 3 rings (SSSR count). The molecule has 1 spiro atoms. The number of aromatic nitrogens is 1. The first-order valence-electron chi connectivity index (χ1n) is 6.02. The fourth-order valence-electron chi connectivity index (χ4n) is 2.77. The number of thiazole rings is 1. The number of alkyl halides is 2. The summed E-state index contributed by atoms with van der Waals surface area (Å²) >= 11 is 1.65. The molecule has 0 amide bonds. The summed E-state index contributed by atoms with van der Waals surface area (Å²) in [6, 6.07) is 0. The average Bonchev–Trinajstić information content (AvgIpc) is 2.59. The van der Waals surface area contributed by atoms with Crippen LogP contribution in [-0.4, -0.2) is 28.9 Å². The fraction of sp³-hybridized carbons (Fsp3) is 0.750. The van der Waals surface area contributed by atoms with Gasteiger partial charge in [-0.05, 0) is 32.9 Å². The molecule has 0 bridgehead atoms. The van der Waals surface area contributed by atoms with Crippen LogP contribution in [0.15, 0.2) is 5.38 Å². The Hall–Kier alpha value is -0.550.